The maximum Gasteiger partial charge on any atom is 0.341 e. The summed E-state index contributed by atoms with van der Waals surface area (Å²) in [5.74, 6) is 0.161. The highest BCUT2D eigenvalue weighted by Gasteiger charge is 2.13. The Morgan fingerprint density at radius 1 is 1.33 bits per heavy atom. The number of hydrogen-bond donors (Lipinski definition) is 1. The molecule has 1 rings (SSSR count). The monoisotopic (exact) mass is 269 g/mol. The van der Waals surface area contributed by atoms with E-state index in [9.17, 15) is 9.59 Å². The van der Waals surface area contributed by atoms with Crippen LogP contribution in [0.5, 0.6) is 5.75 Å². The molecule has 0 atom stereocenters. The molecule has 0 heterocycles. The molecule has 0 aliphatic rings. The second-order valence-electron chi connectivity index (χ2n) is 3.39. The van der Waals surface area contributed by atoms with Crippen molar-refractivity contribution in [3.63, 3.8) is 0 Å². The molecule has 1 aromatic carbocycles. The lowest BCUT2D eigenvalue weighted by Crippen LogP contribution is -2.14. The van der Waals surface area contributed by atoms with Crippen molar-refractivity contribution in [1.82, 2.24) is 0 Å². The fourth-order valence-corrected chi connectivity index (χ4v) is 1.71. The minimum absolute atomic E-state index is 0.102. The van der Waals surface area contributed by atoms with E-state index in [1.807, 2.05) is 6.26 Å². The minimum Gasteiger partial charge on any atom is -0.496 e. The molecule has 1 N–H and O–H groups in total. The second kappa shape index (κ2) is 6.90. The van der Waals surface area contributed by atoms with Gasteiger partial charge in [-0.3, -0.25) is 4.79 Å². The van der Waals surface area contributed by atoms with Gasteiger partial charge in [0, 0.05) is 11.8 Å². The molecule has 0 aromatic heterocycles. The number of anilines is 1. The normalized spacial score (nSPS) is 9.72. The highest BCUT2D eigenvalue weighted by molar-refractivity contribution is 7.99. The molecule has 1 aromatic rings. The van der Waals surface area contributed by atoms with Crippen LogP contribution in [-0.2, 0) is 9.53 Å². The van der Waals surface area contributed by atoms with Gasteiger partial charge in [-0.25, -0.2) is 4.79 Å². The van der Waals surface area contributed by atoms with Crippen LogP contribution in [0, 0.1) is 0 Å². The van der Waals surface area contributed by atoms with Crippen LogP contribution in [-0.4, -0.2) is 38.1 Å². The van der Waals surface area contributed by atoms with Crippen molar-refractivity contribution in [2.45, 2.75) is 0 Å². The molecule has 0 fully saturated rings. The summed E-state index contributed by atoms with van der Waals surface area (Å²) >= 11 is 1.43. The van der Waals surface area contributed by atoms with E-state index in [4.69, 9.17) is 4.74 Å². The van der Waals surface area contributed by atoms with Crippen LogP contribution in [0.4, 0.5) is 5.69 Å². The van der Waals surface area contributed by atoms with E-state index in [1.165, 1.54) is 26.0 Å². The average Bonchev–Trinajstić information content (AvgIpc) is 2.38. The summed E-state index contributed by atoms with van der Waals surface area (Å²) in [6.07, 6.45) is 1.85. The Morgan fingerprint density at radius 2 is 2.06 bits per heavy atom. The van der Waals surface area contributed by atoms with Crippen molar-refractivity contribution in [3.05, 3.63) is 23.8 Å². The molecule has 0 bridgehead atoms. The molecular weight excluding hydrogens is 254 g/mol. The molecule has 0 saturated carbocycles. The van der Waals surface area contributed by atoms with Gasteiger partial charge in [0.25, 0.3) is 0 Å². The standard InChI is InChI=1S/C12H15NO4S/c1-16-10-6-8(13-11(14)7-18-3)4-5-9(10)12(15)17-2/h4-6H,7H2,1-3H3,(H,13,14). The zero-order chi connectivity index (χ0) is 13.5. The largest absolute Gasteiger partial charge is 0.496 e. The van der Waals surface area contributed by atoms with Crippen molar-refractivity contribution < 1.29 is 19.1 Å². The number of esters is 1. The number of ether oxygens (including phenoxy) is 2. The molecule has 0 saturated heterocycles. The topological polar surface area (TPSA) is 64.6 Å². The van der Waals surface area contributed by atoms with E-state index in [2.05, 4.69) is 10.1 Å². The Kier molecular flexibility index (Phi) is 5.51. The third-order valence-corrected chi connectivity index (χ3v) is 2.72. The minimum atomic E-state index is -0.478. The number of thioether (sulfide) groups is 1. The van der Waals surface area contributed by atoms with Gasteiger partial charge in [-0.1, -0.05) is 0 Å². The van der Waals surface area contributed by atoms with Crippen LogP contribution in [0.25, 0.3) is 0 Å². The van der Waals surface area contributed by atoms with Crippen molar-refractivity contribution in [1.29, 1.82) is 0 Å². The predicted molar refractivity (Wildman–Crippen MR) is 71.3 cm³/mol. The second-order valence-corrected chi connectivity index (χ2v) is 4.25. The maximum atomic E-state index is 11.4. The lowest BCUT2D eigenvalue weighted by Gasteiger charge is -2.10. The number of carbonyl (C=O) groups excluding carboxylic acids is 2. The van der Waals surface area contributed by atoms with Gasteiger partial charge in [-0.15, -0.1) is 0 Å². The smallest absolute Gasteiger partial charge is 0.341 e. The van der Waals surface area contributed by atoms with Gasteiger partial charge < -0.3 is 14.8 Å². The predicted octanol–water partition coefficient (Wildman–Crippen LogP) is 1.78. The first-order valence-electron chi connectivity index (χ1n) is 5.17. The van der Waals surface area contributed by atoms with Gasteiger partial charge in [0.05, 0.1) is 20.0 Å². The Labute approximate surface area is 110 Å². The third-order valence-electron chi connectivity index (χ3n) is 2.17. The molecule has 6 heteroatoms. The van der Waals surface area contributed by atoms with Crippen molar-refractivity contribution in [2.75, 3.05) is 31.5 Å². The van der Waals surface area contributed by atoms with Gasteiger partial charge in [0.1, 0.15) is 11.3 Å². The Bertz CT molecular complexity index is 448. The van der Waals surface area contributed by atoms with E-state index in [1.54, 1.807) is 18.2 Å². The Morgan fingerprint density at radius 3 is 2.61 bits per heavy atom. The quantitative estimate of drug-likeness (QED) is 0.825. The first kappa shape index (κ1) is 14.4. The number of benzene rings is 1. The van der Waals surface area contributed by atoms with Crippen molar-refractivity contribution in [2.24, 2.45) is 0 Å². The number of nitrogens with one attached hydrogen (secondary N) is 1. The van der Waals surface area contributed by atoms with Crippen LogP contribution in [0.1, 0.15) is 10.4 Å². The fourth-order valence-electron chi connectivity index (χ4n) is 1.38. The SMILES string of the molecule is COC(=O)c1ccc(NC(=O)CSC)cc1OC. The highest BCUT2D eigenvalue weighted by atomic mass is 32.2. The Balaban J connectivity index is 2.91. The summed E-state index contributed by atoms with van der Waals surface area (Å²) in [4.78, 5) is 22.9. The third kappa shape index (κ3) is 3.66. The van der Waals surface area contributed by atoms with Gasteiger partial charge in [-0.05, 0) is 18.4 Å². The molecule has 1 amide bonds. The Hall–Kier alpha value is -1.69. The van der Waals surface area contributed by atoms with Crippen LogP contribution in [0.3, 0.4) is 0 Å². The van der Waals surface area contributed by atoms with E-state index in [0.29, 0.717) is 22.8 Å². The first-order valence-corrected chi connectivity index (χ1v) is 6.57. The number of methoxy groups -OCH3 is 2. The summed E-state index contributed by atoms with van der Waals surface area (Å²) in [7, 11) is 2.76. The number of hydrogen-bond acceptors (Lipinski definition) is 5. The summed E-state index contributed by atoms with van der Waals surface area (Å²) in [6, 6.07) is 4.77. The zero-order valence-corrected chi connectivity index (χ0v) is 11.3. The van der Waals surface area contributed by atoms with Crippen LogP contribution < -0.4 is 10.1 Å². The molecule has 98 valence electrons. The van der Waals surface area contributed by atoms with Gasteiger partial charge in [0.2, 0.25) is 5.91 Å². The van der Waals surface area contributed by atoms with Gasteiger partial charge in [-0.2, -0.15) is 11.8 Å². The van der Waals surface area contributed by atoms with Crippen LogP contribution >= 0.6 is 11.8 Å². The van der Waals surface area contributed by atoms with Crippen LogP contribution in [0.15, 0.2) is 18.2 Å². The fraction of sp³-hybridized carbons (Fsp3) is 0.333. The molecule has 0 radical (unpaired) electrons. The van der Waals surface area contributed by atoms with Crippen molar-refractivity contribution >= 4 is 29.3 Å². The lowest BCUT2D eigenvalue weighted by atomic mass is 10.2. The highest BCUT2D eigenvalue weighted by Crippen LogP contribution is 2.23. The molecule has 18 heavy (non-hydrogen) atoms. The molecule has 0 aliphatic carbocycles. The maximum absolute atomic E-state index is 11.4. The number of amides is 1. The summed E-state index contributed by atoms with van der Waals surface area (Å²) < 4.78 is 9.72. The van der Waals surface area contributed by atoms with E-state index < -0.39 is 5.97 Å². The van der Waals surface area contributed by atoms with Crippen molar-refractivity contribution in [3.8, 4) is 5.75 Å². The summed E-state index contributed by atoms with van der Waals surface area (Å²) in [6.45, 7) is 0. The molecule has 0 spiro atoms. The van der Waals surface area contributed by atoms with E-state index in [-0.39, 0.29) is 5.91 Å². The zero-order valence-electron chi connectivity index (χ0n) is 10.5. The summed E-state index contributed by atoms with van der Waals surface area (Å²) in [5, 5.41) is 2.71. The van der Waals surface area contributed by atoms with Gasteiger partial charge in [0.15, 0.2) is 0 Å². The van der Waals surface area contributed by atoms with E-state index in [0.717, 1.165) is 0 Å². The van der Waals surface area contributed by atoms with E-state index >= 15 is 0 Å². The average molecular weight is 269 g/mol. The summed E-state index contributed by atoms with van der Waals surface area (Å²) in [5.41, 5.74) is 0.904. The lowest BCUT2D eigenvalue weighted by molar-refractivity contribution is -0.113. The number of carbonyl (C=O) groups is 2. The molecule has 0 unspecified atom stereocenters. The first-order chi connectivity index (χ1) is 8.62. The number of rotatable bonds is 5. The van der Waals surface area contributed by atoms with Crippen LogP contribution in [0.2, 0.25) is 0 Å². The molecule has 5 nitrogen and oxygen atoms in total. The molecular formula is C12H15NO4S. The molecule has 0 aliphatic heterocycles. The van der Waals surface area contributed by atoms with Gasteiger partial charge >= 0.3 is 5.97 Å².